The molecule has 0 radical (unpaired) electrons. The molecular formula is C11H8NO6-. The molecule has 0 aliphatic heterocycles. The molecule has 0 aliphatic rings. The van der Waals surface area contributed by atoms with E-state index in [4.69, 9.17) is 0 Å². The van der Waals surface area contributed by atoms with E-state index >= 15 is 0 Å². The lowest BCUT2D eigenvalue weighted by Gasteiger charge is -2.10. The van der Waals surface area contributed by atoms with Gasteiger partial charge in [-0.25, -0.2) is 4.79 Å². The number of nitro benzene ring substituents is 1. The van der Waals surface area contributed by atoms with Gasteiger partial charge in [0, 0.05) is 12.1 Å². The zero-order chi connectivity index (χ0) is 13.7. The largest absolute Gasteiger partial charge is 0.872 e. The van der Waals surface area contributed by atoms with Crippen LogP contribution in [-0.4, -0.2) is 23.8 Å². The van der Waals surface area contributed by atoms with E-state index in [1.54, 1.807) is 0 Å². The first-order valence-corrected chi connectivity index (χ1v) is 4.71. The number of non-ortho nitro benzene ring substituents is 1. The van der Waals surface area contributed by atoms with E-state index in [9.17, 15) is 24.8 Å². The highest BCUT2D eigenvalue weighted by molar-refractivity contribution is 6.39. The summed E-state index contributed by atoms with van der Waals surface area (Å²) in [6.45, 7) is 0. The van der Waals surface area contributed by atoms with Crippen LogP contribution >= 0.6 is 0 Å². The number of ether oxygens (including phenoxy) is 1. The third kappa shape index (κ3) is 3.14. The van der Waals surface area contributed by atoms with Crippen molar-refractivity contribution in [1.29, 1.82) is 0 Å². The first-order chi connectivity index (χ1) is 8.45. The lowest BCUT2D eigenvalue weighted by atomic mass is 10.1. The van der Waals surface area contributed by atoms with Gasteiger partial charge in [0.2, 0.25) is 0 Å². The molecule has 0 unspecified atom stereocenters. The van der Waals surface area contributed by atoms with Crippen molar-refractivity contribution in [2.24, 2.45) is 0 Å². The minimum atomic E-state index is -1.17. The second kappa shape index (κ2) is 5.58. The Morgan fingerprint density at radius 3 is 2.61 bits per heavy atom. The van der Waals surface area contributed by atoms with Gasteiger partial charge in [-0.1, -0.05) is 17.9 Å². The van der Waals surface area contributed by atoms with Gasteiger partial charge in [0.25, 0.3) is 11.5 Å². The second-order valence-corrected chi connectivity index (χ2v) is 3.17. The molecule has 0 bridgehead atoms. The van der Waals surface area contributed by atoms with Crippen molar-refractivity contribution in [3.63, 3.8) is 0 Å². The third-order valence-electron chi connectivity index (χ3n) is 1.99. The number of carbonyl (C=O) groups is 2. The highest BCUT2D eigenvalue weighted by Gasteiger charge is 2.11. The Bertz CT molecular complexity index is 534. The molecule has 7 heteroatoms. The first-order valence-electron chi connectivity index (χ1n) is 4.71. The zero-order valence-electron chi connectivity index (χ0n) is 9.28. The molecule has 0 aromatic heterocycles. The molecule has 1 aromatic carbocycles. The van der Waals surface area contributed by atoms with Crippen LogP contribution in [0.2, 0.25) is 0 Å². The standard InChI is InChI=1S/C11H9NO6/c1-18-11(15)10(14)6-9(13)7-3-2-4-8(5-7)12(16)17/h2-6,13H,1H3/p-1. The fourth-order valence-corrected chi connectivity index (χ4v) is 1.13. The van der Waals surface area contributed by atoms with Crippen LogP contribution in [0.1, 0.15) is 5.56 Å². The van der Waals surface area contributed by atoms with Crippen LogP contribution in [0.25, 0.3) is 5.76 Å². The molecule has 0 saturated carbocycles. The predicted molar refractivity (Wildman–Crippen MR) is 58.1 cm³/mol. The Morgan fingerprint density at radius 2 is 2.06 bits per heavy atom. The van der Waals surface area contributed by atoms with Gasteiger partial charge in [0.05, 0.1) is 12.0 Å². The Balaban J connectivity index is 3.03. The van der Waals surface area contributed by atoms with E-state index in [2.05, 4.69) is 4.74 Å². The summed E-state index contributed by atoms with van der Waals surface area (Å²) in [6, 6.07) is 4.83. The molecule has 1 aromatic rings. The molecule has 18 heavy (non-hydrogen) atoms. The van der Waals surface area contributed by atoms with E-state index in [0.717, 1.165) is 13.2 Å². The lowest BCUT2D eigenvalue weighted by Crippen LogP contribution is -2.15. The monoisotopic (exact) mass is 250 g/mol. The van der Waals surface area contributed by atoms with Gasteiger partial charge >= 0.3 is 5.97 Å². The van der Waals surface area contributed by atoms with Gasteiger partial charge < -0.3 is 9.84 Å². The van der Waals surface area contributed by atoms with Crippen LogP contribution in [0.4, 0.5) is 5.69 Å². The number of esters is 1. The number of carbonyl (C=O) groups excluding carboxylic acids is 2. The summed E-state index contributed by atoms with van der Waals surface area (Å²) >= 11 is 0. The number of nitrogens with zero attached hydrogens (tertiary/aromatic N) is 1. The maximum absolute atomic E-state index is 11.5. The van der Waals surface area contributed by atoms with Gasteiger partial charge in [-0.2, -0.15) is 0 Å². The Morgan fingerprint density at radius 1 is 1.39 bits per heavy atom. The second-order valence-electron chi connectivity index (χ2n) is 3.17. The maximum atomic E-state index is 11.5. The van der Waals surface area contributed by atoms with Gasteiger partial charge in [-0.15, -0.1) is 0 Å². The molecule has 0 heterocycles. The van der Waals surface area contributed by atoms with Gasteiger partial charge in [-0.05, 0) is 11.6 Å². The quantitative estimate of drug-likeness (QED) is 0.186. The minimum absolute atomic E-state index is 0.0542. The van der Waals surface area contributed by atoms with Crippen LogP contribution in [0.3, 0.4) is 0 Å². The predicted octanol–water partition coefficient (Wildman–Crippen LogP) is 0.0381. The van der Waals surface area contributed by atoms with E-state index in [0.29, 0.717) is 6.08 Å². The third-order valence-corrected chi connectivity index (χ3v) is 1.99. The molecule has 94 valence electrons. The molecule has 0 atom stereocenters. The van der Waals surface area contributed by atoms with Crippen molar-refractivity contribution >= 4 is 23.2 Å². The number of hydrogen-bond donors (Lipinski definition) is 0. The average molecular weight is 250 g/mol. The van der Waals surface area contributed by atoms with Crippen LogP contribution in [-0.2, 0) is 14.3 Å². The Kier molecular flexibility index (Phi) is 4.14. The van der Waals surface area contributed by atoms with Crippen molar-refractivity contribution in [3.8, 4) is 0 Å². The summed E-state index contributed by atoms with van der Waals surface area (Å²) in [5.74, 6) is -3.09. The summed E-state index contributed by atoms with van der Waals surface area (Å²) in [5.41, 5.74) is -0.332. The number of hydrogen-bond acceptors (Lipinski definition) is 6. The molecule has 0 N–H and O–H groups in total. The number of ketones is 1. The highest BCUT2D eigenvalue weighted by atomic mass is 16.6. The molecular weight excluding hydrogens is 242 g/mol. The number of benzene rings is 1. The normalized spacial score (nSPS) is 10.8. The molecule has 0 spiro atoms. The summed E-state index contributed by atoms with van der Waals surface area (Å²) in [7, 11) is 1.01. The van der Waals surface area contributed by atoms with Gasteiger partial charge in [-0.3, -0.25) is 14.9 Å². The average Bonchev–Trinajstić information content (AvgIpc) is 2.37. The smallest absolute Gasteiger partial charge is 0.378 e. The highest BCUT2D eigenvalue weighted by Crippen LogP contribution is 2.16. The summed E-state index contributed by atoms with van der Waals surface area (Å²) in [5, 5.41) is 22.0. The molecule has 0 fully saturated rings. The van der Waals surface area contributed by atoms with Crippen molar-refractivity contribution in [3.05, 3.63) is 46.0 Å². The Labute approximate surface area is 101 Å². The van der Waals surface area contributed by atoms with E-state index in [1.807, 2.05) is 0 Å². The zero-order valence-corrected chi connectivity index (χ0v) is 9.28. The van der Waals surface area contributed by atoms with Crippen molar-refractivity contribution < 1.29 is 24.4 Å². The number of rotatable bonds is 4. The van der Waals surface area contributed by atoms with Crippen molar-refractivity contribution in [1.82, 2.24) is 0 Å². The van der Waals surface area contributed by atoms with E-state index < -0.39 is 22.4 Å². The van der Waals surface area contributed by atoms with Gasteiger partial charge in [0.15, 0.2) is 0 Å². The van der Waals surface area contributed by atoms with Crippen molar-refractivity contribution in [2.75, 3.05) is 7.11 Å². The van der Waals surface area contributed by atoms with E-state index in [-0.39, 0.29) is 11.3 Å². The van der Waals surface area contributed by atoms with Gasteiger partial charge in [0.1, 0.15) is 0 Å². The topological polar surface area (TPSA) is 110 Å². The molecule has 7 nitrogen and oxygen atoms in total. The number of methoxy groups -OCH3 is 1. The fraction of sp³-hybridized carbons (Fsp3) is 0.0909. The molecule has 0 amide bonds. The molecule has 1 rings (SSSR count). The van der Waals surface area contributed by atoms with Crippen LogP contribution in [0.15, 0.2) is 30.3 Å². The molecule has 0 saturated heterocycles. The van der Waals surface area contributed by atoms with Crippen molar-refractivity contribution in [2.45, 2.75) is 0 Å². The van der Waals surface area contributed by atoms with Crippen LogP contribution < -0.4 is 5.11 Å². The van der Waals surface area contributed by atoms with E-state index in [1.165, 1.54) is 18.2 Å². The first kappa shape index (κ1) is 13.4. The summed E-state index contributed by atoms with van der Waals surface area (Å²) < 4.78 is 4.13. The minimum Gasteiger partial charge on any atom is -0.872 e. The molecule has 0 aliphatic carbocycles. The summed E-state index contributed by atoms with van der Waals surface area (Å²) in [6.07, 6.45) is 0.533. The maximum Gasteiger partial charge on any atom is 0.378 e. The van der Waals surface area contributed by atoms with Crippen LogP contribution in [0, 0.1) is 10.1 Å². The fourth-order valence-electron chi connectivity index (χ4n) is 1.13. The SMILES string of the molecule is COC(=O)C(=O)C=C([O-])c1cccc([N+](=O)[O-])c1. The summed E-state index contributed by atoms with van der Waals surface area (Å²) in [4.78, 5) is 31.7. The van der Waals surface area contributed by atoms with Crippen LogP contribution in [0.5, 0.6) is 0 Å². The Hall–Kier alpha value is -2.70. The number of nitro groups is 1. The lowest BCUT2D eigenvalue weighted by molar-refractivity contribution is -0.385.